The fraction of sp³-hybridized carbons (Fsp3) is 0.263. The number of carbonyl (C=O) groups is 1. The molecule has 0 aliphatic carbocycles. The predicted molar refractivity (Wildman–Crippen MR) is 91.5 cm³/mol. The number of alkyl halides is 3. The Kier molecular flexibility index (Phi) is 4.71. The van der Waals surface area contributed by atoms with Gasteiger partial charge in [-0.2, -0.15) is 13.2 Å². The smallest absolute Gasteiger partial charge is 0.416 e. The van der Waals surface area contributed by atoms with E-state index in [0.29, 0.717) is 16.9 Å². The van der Waals surface area contributed by atoms with Crippen LogP contribution in [0, 0.1) is 6.92 Å². The topological polar surface area (TPSA) is 44.1 Å². The van der Waals surface area contributed by atoms with Crippen molar-refractivity contribution in [2.75, 3.05) is 6.61 Å². The van der Waals surface area contributed by atoms with E-state index in [1.54, 1.807) is 11.5 Å². The lowest BCUT2D eigenvalue weighted by molar-refractivity contribution is -0.143. The summed E-state index contributed by atoms with van der Waals surface area (Å²) < 4.78 is 45.0. The van der Waals surface area contributed by atoms with Crippen LogP contribution in [0.25, 0.3) is 22.4 Å². The van der Waals surface area contributed by atoms with E-state index in [-0.39, 0.29) is 13.2 Å². The quantitative estimate of drug-likeness (QED) is 0.638. The monoisotopic (exact) mass is 362 g/mol. The van der Waals surface area contributed by atoms with E-state index in [1.807, 2.05) is 25.1 Å². The molecule has 1 heterocycles. The standard InChI is InChI=1S/C19H17F3N2O2/c1-3-26-17(25)11-24-16-10-12(2)4-9-15(16)23-18(24)13-5-7-14(8-6-13)19(20,21)22/h4-10H,3,11H2,1-2H3. The van der Waals surface area contributed by atoms with Gasteiger partial charge in [0, 0.05) is 5.56 Å². The number of aryl methyl sites for hydroxylation is 1. The summed E-state index contributed by atoms with van der Waals surface area (Å²) in [4.78, 5) is 16.5. The van der Waals surface area contributed by atoms with Crippen LogP contribution in [-0.2, 0) is 22.3 Å². The van der Waals surface area contributed by atoms with Crippen LogP contribution in [0.2, 0.25) is 0 Å². The van der Waals surface area contributed by atoms with Crippen LogP contribution in [0.3, 0.4) is 0 Å². The largest absolute Gasteiger partial charge is 0.465 e. The highest BCUT2D eigenvalue weighted by molar-refractivity contribution is 5.83. The maximum atomic E-state index is 12.8. The summed E-state index contributed by atoms with van der Waals surface area (Å²) in [6.45, 7) is 3.81. The average molecular weight is 362 g/mol. The van der Waals surface area contributed by atoms with Gasteiger partial charge in [-0.15, -0.1) is 0 Å². The lowest BCUT2D eigenvalue weighted by Crippen LogP contribution is -2.14. The van der Waals surface area contributed by atoms with E-state index < -0.39 is 17.7 Å². The second-order valence-electron chi connectivity index (χ2n) is 5.89. The Morgan fingerprint density at radius 2 is 1.85 bits per heavy atom. The van der Waals surface area contributed by atoms with Crippen molar-refractivity contribution in [2.24, 2.45) is 0 Å². The Bertz CT molecular complexity index is 944. The minimum absolute atomic E-state index is 0.0653. The molecule has 0 radical (unpaired) electrons. The Balaban J connectivity index is 2.10. The molecule has 0 N–H and O–H groups in total. The fourth-order valence-corrected chi connectivity index (χ4v) is 2.76. The summed E-state index contributed by atoms with van der Waals surface area (Å²) in [6, 6.07) is 10.3. The minimum atomic E-state index is -4.40. The molecule has 0 aliphatic heterocycles. The lowest BCUT2D eigenvalue weighted by atomic mass is 10.1. The molecule has 0 spiro atoms. The van der Waals surface area contributed by atoms with Crippen LogP contribution in [0.4, 0.5) is 13.2 Å². The molecule has 1 aromatic heterocycles. The number of halogens is 3. The zero-order chi connectivity index (χ0) is 18.9. The molecular formula is C19H17F3N2O2. The van der Waals surface area contributed by atoms with E-state index in [4.69, 9.17) is 4.74 Å². The maximum absolute atomic E-state index is 12.8. The second-order valence-corrected chi connectivity index (χ2v) is 5.89. The van der Waals surface area contributed by atoms with Crippen molar-refractivity contribution in [1.82, 2.24) is 9.55 Å². The van der Waals surface area contributed by atoms with Gasteiger partial charge in [-0.3, -0.25) is 4.79 Å². The Labute approximate surface area is 148 Å². The number of nitrogens with zero attached hydrogens (tertiary/aromatic N) is 2. The number of hydrogen-bond acceptors (Lipinski definition) is 3. The first kappa shape index (κ1) is 18.0. The van der Waals surface area contributed by atoms with Crippen LogP contribution in [0.15, 0.2) is 42.5 Å². The fourth-order valence-electron chi connectivity index (χ4n) is 2.76. The summed E-state index contributed by atoms with van der Waals surface area (Å²) in [5, 5.41) is 0. The molecule has 3 rings (SSSR count). The van der Waals surface area contributed by atoms with Gasteiger partial charge in [0.05, 0.1) is 23.2 Å². The number of benzene rings is 2. The van der Waals surface area contributed by atoms with Gasteiger partial charge >= 0.3 is 12.1 Å². The van der Waals surface area contributed by atoms with Gasteiger partial charge in [-0.05, 0) is 43.7 Å². The molecule has 3 aromatic rings. The zero-order valence-electron chi connectivity index (χ0n) is 14.3. The van der Waals surface area contributed by atoms with Crippen LogP contribution in [0.5, 0.6) is 0 Å². The maximum Gasteiger partial charge on any atom is 0.416 e. The molecule has 0 saturated carbocycles. The summed E-state index contributed by atoms with van der Waals surface area (Å²) >= 11 is 0. The second kappa shape index (κ2) is 6.82. The summed E-state index contributed by atoms with van der Waals surface area (Å²) in [5.41, 5.74) is 2.14. The molecule has 136 valence electrons. The Hall–Kier alpha value is -2.83. The van der Waals surface area contributed by atoms with Crippen LogP contribution in [-0.4, -0.2) is 22.1 Å². The summed E-state index contributed by atoms with van der Waals surface area (Å²) in [6.07, 6.45) is -4.40. The molecule has 0 saturated heterocycles. The molecule has 0 aliphatic rings. The van der Waals surface area contributed by atoms with Crippen molar-refractivity contribution >= 4 is 17.0 Å². The Morgan fingerprint density at radius 3 is 2.46 bits per heavy atom. The molecule has 2 aromatic carbocycles. The number of ether oxygens (including phenoxy) is 1. The van der Waals surface area contributed by atoms with Gasteiger partial charge in [0.2, 0.25) is 0 Å². The van der Waals surface area contributed by atoms with Crippen LogP contribution >= 0.6 is 0 Å². The molecular weight excluding hydrogens is 345 g/mol. The SMILES string of the molecule is CCOC(=O)Cn1c(-c2ccc(C(F)(F)F)cc2)nc2ccc(C)cc21. The van der Waals surface area contributed by atoms with Crippen molar-refractivity contribution in [1.29, 1.82) is 0 Å². The highest BCUT2D eigenvalue weighted by Gasteiger charge is 2.30. The third-order valence-electron chi connectivity index (χ3n) is 3.97. The number of rotatable bonds is 4. The van der Waals surface area contributed by atoms with E-state index in [0.717, 1.165) is 23.2 Å². The number of esters is 1. The van der Waals surface area contributed by atoms with Gasteiger partial charge < -0.3 is 9.30 Å². The molecule has 0 amide bonds. The number of carbonyl (C=O) groups excluding carboxylic acids is 1. The van der Waals surface area contributed by atoms with E-state index >= 15 is 0 Å². The minimum Gasteiger partial charge on any atom is -0.465 e. The highest BCUT2D eigenvalue weighted by atomic mass is 19.4. The zero-order valence-corrected chi connectivity index (χ0v) is 14.3. The highest BCUT2D eigenvalue weighted by Crippen LogP contribution is 2.32. The first-order chi connectivity index (χ1) is 12.3. The molecule has 4 nitrogen and oxygen atoms in total. The normalized spacial score (nSPS) is 11.7. The first-order valence-electron chi connectivity index (χ1n) is 8.09. The molecule has 0 atom stereocenters. The third kappa shape index (κ3) is 3.56. The van der Waals surface area contributed by atoms with Gasteiger partial charge in [0.15, 0.2) is 0 Å². The van der Waals surface area contributed by atoms with E-state index in [9.17, 15) is 18.0 Å². The Morgan fingerprint density at radius 1 is 1.15 bits per heavy atom. The van der Waals surface area contributed by atoms with E-state index in [2.05, 4.69) is 4.98 Å². The van der Waals surface area contributed by atoms with Crippen LogP contribution in [0.1, 0.15) is 18.1 Å². The van der Waals surface area contributed by atoms with Gasteiger partial charge in [0.25, 0.3) is 0 Å². The first-order valence-corrected chi connectivity index (χ1v) is 8.09. The van der Waals surface area contributed by atoms with Gasteiger partial charge in [-0.1, -0.05) is 18.2 Å². The molecule has 0 unspecified atom stereocenters. The average Bonchev–Trinajstić information content (AvgIpc) is 2.92. The number of hydrogen-bond donors (Lipinski definition) is 0. The van der Waals surface area contributed by atoms with Crippen molar-refractivity contribution < 1.29 is 22.7 Å². The summed E-state index contributed by atoms with van der Waals surface area (Å²) in [5.74, 6) is -0.00570. The predicted octanol–water partition coefficient (Wildman–Crippen LogP) is 4.59. The van der Waals surface area contributed by atoms with E-state index in [1.165, 1.54) is 12.1 Å². The van der Waals surface area contributed by atoms with Crippen molar-refractivity contribution in [2.45, 2.75) is 26.6 Å². The number of aromatic nitrogens is 2. The molecule has 0 bridgehead atoms. The number of imidazole rings is 1. The summed E-state index contributed by atoms with van der Waals surface area (Å²) in [7, 11) is 0. The van der Waals surface area contributed by atoms with Crippen molar-refractivity contribution in [3.63, 3.8) is 0 Å². The van der Waals surface area contributed by atoms with Crippen molar-refractivity contribution in [3.8, 4) is 11.4 Å². The van der Waals surface area contributed by atoms with Gasteiger partial charge in [0.1, 0.15) is 12.4 Å². The van der Waals surface area contributed by atoms with Crippen LogP contribution < -0.4 is 0 Å². The lowest BCUT2D eigenvalue weighted by Gasteiger charge is -2.10. The number of fused-ring (bicyclic) bond motifs is 1. The molecule has 26 heavy (non-hydrogen) atoms. The molecule has 0 fully saturated rings. The third-order valence-corrected chi connectivity index (χ3v) is 3.97. The molecule has 7 heteroatoms. The van der Waals surface area contributed by atoms with Gasteiger partial charge in [-0.25, -0.2) is 4.98 Å². The van der Waals surface area contributed by atoms with Crippen molar-refractivity contribution in [3.05, 3.63) is 53.6 Å².